The number of amides is 2. The van der Waals surface area contributed by atoms with Gasteiger partial charge in [-0.3, -0.25) is 9.59 Å². The van der Waals surface area contributed by atoms with E-state index in [2.05, 4.69) is 26.1 Å². The van der Waals surface area contributed by atoms with Crippen molar-refractivity contribution in [2.75, 3.05) is 16.8 Å². The van der Waals surface area contributed by atoms with Crippen molar-refractivity contribution in [3.05, 3.63) is 59.9 Å². The summed E-state index contributed by atoms with van der Waals surface area (Å²) in [4.78, 5) is 25.9. The number of carbonyl (C=O) groups excluding carboxylic acids is 2. The molecule has 0 spiro atoms. The van der Waals surface area contributed by atoms with Crippen LogP contribution in [0.2, 0.25) is 0 Å². The predicted octanol–water partition coefficient (Wildman–Crippen LogP) is 4.11. The molecule has 0 fully saturated rings. The van der Waals surface area contributed by atoms with E-state index in [1.54, 1.807) is 6.07 Å². The number of halogens is 1. The van der Waals surface area contributed by atoms with Crippen molar-refractivity contribution in [3.8, 4) is 0 Å². The molecule has 2 rings (SSSR count). The molecule has 1 N–H and O–H groups in total. The third-order valence-corrected chi connectivity index (χ3v) is 3.79. The second-order valence-corrected chi connectivity index (χ2v) is 6.93. The van der Waals surface area contributed by atoms with Gasteiger partial charge in [0, 0.05) is 18.3 Å². The van der Waals surface area contributed by atoms with Crippen molar-refractivity contribution < 1.29 is 14.0 Å². The number of nitrogens with zero attached hydrogens (tertiary/aromatic N) is 1. The summed E-state index contributed by atoms with van der Waals surface area (Å²) in [6.07, 6.45) is 0. The second-order valence-electron chi connectivity index (χ2n) is 6.93. The quantitative estimate of drug-likeness (QED) is 0.909. The molecule has 0 heterocycles. The molecule has 0 radical (unpaired) electrons. The topological polar surface area (TPSA) is 49.4 Å². The zero-order chi connectivity index (χ0) is 18.6. The van der Waals surface area contributed by atoms with Crippen LogP contribution in [0.4, 0.5) is 15.8 Å². The monoisotopic (exact) mass is 342 g/mol. The van der Waals surface area contributed by atoms with E-state index in [-0.39, 0.29) is 23.8 Å². The fourth-order valence-electron chi connectivity index (χ4n) is 2.62. The standard InChI is InChI=1S/C20H23FN2O2/c1-14(24)23(18-11-6-5-10-17(18)20(2,3)4)13-19(25)22-16-9-7-8-15(21)12-16/h5-12H,13H2,1-4H3,(H,22,25). The minimum atomic E-state index is -0.431. The molecule has 2 aromatic carbocycles. The van der Waals surface area contributed by atoms with Crippen molar-refractivity contribution in [1.82, 2.24) is 0 Å². The molecule has 0 saturated heterocycles. The Bertz CT molecular complexity index is 781. The van der Waals surface area contributed by atoms with Gasteiger partial charge in [-0.2, -0.15) is 0 Å². The molecule has 2 amide bonds. The van der Waals surface area contributed by atoms with Gasteiger partial charge in [-0.15, -0.1) is 0 Å². The molecule has 4 nitrogen and oxygen atoms in total. The van der Waals surface area contributed by atoms with Gasteiger partial charge >= 0.3 is 0 Å². The Morgan fingerprint density at radius 1 is 1.08 bits per heavy atom. The third-order valence-electron chi connectivity index (χ3n) is 3.79. The molecule has 0 aromatic heterocycles. The first-order valence-electron chi connectivity index (χ1n) is 8.11. The Hall–Kier alpha value is -2.69. The number of hydrogen-bond donors (Lipinski definition) is 1. The van der Waals surface area contributed by atoms with Gasteiger partial charge < -0.3 is 10.2 Å². The van der Waals surface area contributed by atoms with Gasteiger partial charge in [0.15, 0.2) is 0 Å². The maximum absolute atomic E-state index is 13.2. The number of rotatable bonds is 4. The Labute approximate surface area is 147 Å². The molecule has 5 heteroatoms. The summed E-state index contributed by atoms with van der Waals surface area (Å²) < 4.78 is 13.2. The Kier molecular flexibility index (Phi) is 5.57. The van der Waals surface area contributed by atoms with E-state index >= 15 is 0 Å². The highest BCUT2D eigenvalue weighted by Crippen LogP contribution is 2.32. The average molecular weight is 342 g/mol. The lowest BCUT2D eigenvalue weighted by Crippen LogP contribution is -2.38. The molecule has 132 valence electrons. The molecule has 0 aliphatic rings. The summed E-state index contributed by atoms with van der Waals surface area (Å²) in [5, 5.41) is 2.62. The smallest absolute Gasteiger partial charge is 0.244 e. The van der Waals surface area contributed by atoms with E-state index in [9.17, 15) is 14.0 Å². The van der Waals surface area contributed by atoms with E-state index in [4.69, 9.17) is 0 Å². The van der Waals surface area contributed by atoms with Crippen molar-refractivity contribution in [1.29, 1.82) is 0 Å². The highest BCUT2D eigenvalue weighted by atomic mass is 19.1. The van der Waals surface area contributed by atoms with Crippen LogP contribution < -0.4 is 10.2 Å². The molecule has 0 saturated carbocycles. The molecule has 2 aromatic rings. The van der Waals surface area contributed by atoms with E-state index in [1.807, 2.05) is 24.3 Å². The van der Waals surface area contributed by atoms with Crippen molar-refractivity contribution in [2.24, 2.45) is 0 Å². The maximum Gasteiger partial charge on any atom is 0.244 e. The molecule has 0 unspecified atom stereocenters. The van der Waals surface area contributed by atoms with Crippen molar-refractivity contribution >= 4 is 23.2 Å². The molecule has 25 heavy (non-hydrogen) atoms. The number of para-hydroxylation sites is 1. The van der Waals surface area contributed by atoms with Crippen LogP contribution in [0.15, 0.2) is 48.5 Å². The van der Waals surface area contributed by atoms with Crippen LogP contribution in [0.1, 0.15) is 33.3 Å². The van der Waals surface area contributed by atoms with Crippen LogP contribution in [0.25, 0.3) is 0 Å². The molecule has 0 aliphatic carbocycles. The summed E-state index contributed by atoms with van der Waals surface area (Å²) in [5.41, 5.74) is 1.86. The van der Waals surface area contributed by atoms with E-state index in [1.165, 1.54) is 30.0 Å². The number of nitrogens with one attached hydrogen (secondary N) is 1. The van der Waals surface area contributed by atoms with E-state index in [0.29, 0.717) is 11.4 Å². The largest absolute Gasteiger partial charge is 0.324 e. The highest BCUT2D eigenvalue weighted by Gasteiger charge is 2.24. The van der Waals surface area contributed by atoms with Crippen molar-refractivity contribution in [3.63, 3.8) is 0 Å². The average Bonchev–Trinajstić information content (AvgIpc) is 2.51. The lowest BCUT2D eigenvalue weighted by atomic mass is 9.85. The van der Waals surface area contributed by atoms with Crippen molar-refractivity contribution in [2.45, 2.75) is 33.1 Å². The van der Waals surface area contributed by atoms with Gasteiger partial charge in [-0.25, -0.2) is 4.39 Å². The zero-order valence-electron chi connectivity index (χ0n) is 15.0. The highest BCUT2D eigenvalue weighted by molar-refractivity contribution is 6.02. The van der Waals surface area contributed by atoms with Crippen LogP contribution in [0.3, 0.4) is 0 Å². The SMILES string of the molecule is CC(=O)N(CC(=O)Nc1cccc(F)c1)c1ccccc1C(C)(C)C. The Balaban J connectivity index is 2.25. The third kappa shape index (κ3) is 4.89. The summed E-state index contributed by atoms with van der Waals surface area (Å²) in [5.74, 6) is -1.05. The minimum absolute atomic E-state index is 0.140. The lowest BCUT2D eigenvalue weighted by Gasteiger charge is -2.29. The molecular formula is C20H23FN2O2. The first-order valence-corrected chi connectivity index (χ1v) is 8.11. The summed E-state index contributed by atoms with van der Waals surface area (Å²) >= 11 is 0. The van der Waals surface area contributed by atoms with Gasteiger partial charge in [-0.1, -0.05) is 45.0 Å². The van der Waals surface area contributed by atoms with Crippen LogP contribution in [0.5, 0.6) is 0 Å². The lowest BCUT2D eigenvalue weighted by molar-refractivity contribution is -0.120. The van der Waals surface area contributed by atoms with Gasteiger partial charge in [0.25, 0.3) is 0 Å². The molecular weight excluding hydrogens is 319 g/mol. The van der Waals surface area contributed by atoms with Crippen LogP contribution in [-0.2, 0) is 15.0 Å². The predicted molar refractivity (Wildman–Crippen MR) is 98.2 cm³/mol. The zero-order valence-corrected chi connectivity index (χ0v) is 15.0. The number of hydrogen-bond acceptors (Lipinski definition) is 2. The number of carbonyl (C=O) groups is 2. The van der Waals surface area contributed by atoms with E-state index < -0.39 is 5.82 Å². The van der Waals surface area contributed by atoms with Gasteiger partial charge in [0.1, 0.15) is 12.4 Å². The summed E-state index contributed by atoms with van der Waals surface area (Å²) in [7, 11) is 0. The van der Waals surface area contributed by atoms with E-state index in [0.717, 1.165) is 5.56 Å². The summed E-state index contributed by atoms with van der Waals surface area (Å²) in [6.45, 7) is 7.44. The second kappa shape index (κ2) is 7.47. The van der Waals surface area contributed by atoms with Gasteiger partial charge in [0.05, 0.1) is 0 Å². The summed E-state index contributed by atoms with van der Waals surface area (Å²) in [6, 6.07) is 13.2. The molecule has 0 atom stereocenters. The fraction of sp³-hybridized carbons (Fsp3) is 0.300. The first-order chi connectivity index (χ1) is 11.7. The Morgan fingerprint density at radius 2 is 1.76 bits per heavy atom. The Morgan fingerprint density at radius 3 is 2.36 bits per heavy atom. The first kappa shape index (κ1) is 18.6. The van der Waals surface area contributed by atoms with Crippen LogP contribution >= 0.6 is 0 Å². The maximum atomic E-state index is 13.2. The van der Waals surface area contributed by atoms with Crippen LogP contribution in [-0.4, -0.2) is 18.4 Å². The number of anilines is 2. The normalized spacial score (nSPS) is 11.1. The minimum Gasteiger partial charge on any atom is -0.324 e. The van der Waals surface area contributed by atoms with Gasteiger partial charge in [0.2, 0.25) is 11.8 Å². The fourth-order valence-corrected chi connectivity index (χ4v) is 2.62. The number of benzene rings is 2. The molecule has 0 aliphatic heterocycles. The molecule has 0 bridgehead atoms. The van der Waals surface area contributed by atoms with Crippen LogP contribution in [0, 0.1) is 5.82 Å². The van der Waals surface area contributed by atoms with Gasteiger partial charge in [-0.05, 0) is 35.2 Å².